The fourth-order valence-corrected chi connectivity index (χ4v) is 3.83. The van der Waals surface area contributed by atoms with Gasteiger partial charge in [0.2, 0.25) is 0 Å². The molecule has 0 atom stereocenters. The minimum absolute atomic E-state index is 0.146. The third-order valence-electron chi connectivity index (χ3n) is 2.04. The number of phenols is 1. The maximum atomic E-state index is 9.75. The van der Waals surface area contributed by atoms with Crippen LogP contribution in [0.1, 0.15) is 11.9 Å². The van der Waals surface area contributed by atoms with Gasteiger partial charge in [-0.2, -0.15) is 0 Å². The van der Waals surface area contributed by atoms with Crippen molar-refractivity contribution in [2.75, 3.05) is 13.2 Å². The smallest absolute Gasteiger partial charge is 0.186 e. The normalized spacial score (nSPS) is 17.3. The second kappa shape index (κ2) is 4.71. The molecular formula is C9H7Br3O3. The molecule has 0 aromatic heterocycles. The molecular weight excluding hydrogens is 396 g/mol. The number of hydrogen-bond donors (Lipinski definition) is 1. The largest absolute Gasteiger partial charge is 0.506 e. The molecule has 1 N–H and O–H groups in total. The van der Waals surface area contributed by atoms with Gasteiger partial charge in [0, 0.05) is 10.0 Å². The van der Waals surface area contributed by atoms with Crippen molar-refractivity contribution in [3.63, 3.8) is 0 Å². The Kier molecular flexibility index (Phi) is 3.72. The summed E-state index contributed by atoms with van der Waals surface area (Å²) in [5.41, 5.74) is 0.771. The summed E-state index contributed by atoms with van der Waals surface area (Å²) in [5, 5.41) is 9.75. The van der Waals surface area contributed by atoms with Gasteiger partial charge in [-0.3, -0.25) is 0 Å². The van der Waals surface area contributed by atoms with Crippen molar-refractivity contribution in [1.29, 1.82) is 0 Å². The predicted molar refractivity (Wildman–Crippen MR) is 65.9 cm³/mol. The molecule has 1 heterocycles. The van der Waals surface area contributed by atoms with Gasteiger partial charge >= 0.3 is 0 Å². The van der Waals surface area contributed by atoms with Crippen LogP contribution in [0.15, 0.2) is 19.5 Å². The molecule has 3 nitrogen and oxygen atoms in total. The van der Waals surface area contributed by atoms with E-state index in [9.17, 15) is 5.11 Å². The van der Waals surface area contributed by atoms with Crippen molar-refractivity contribution in [2.24, 2.45) is 0 Å². The maximum Gasteiger partial charge on any atom is 0.186 e. The Bertz CT molecular complexity index is 389. The first-order valence-corrected chi connectivity index (χ1v) is 6.58. The van der Waals surface area contributed by atoms with Gasteiger partial charge in [-0.1, -0.05) is 15.9 Å². The summed E-state index contributed by atoms with van der Waals surface area (Å²) in [6.07, 6.45) is -0.423. The second-order valence-electron chi connectivity index (χ2n) is 2.99. The highest BCUT2D eigenvalue weighted by atomic mass is 79.9. The molecule has 2 rings (SSSR count). The molecule has 1 aliphatic rings. The third-order valence-corrected chi connectivity index (χ3v) is 4.10. The third kappa shape index (κ3) is 2.24. The summed E-state index contributed by atoms with van der Waals surface area (Å²) in [4.78, 5) is 0. The second-order valence-corrected chi connectivity index (χ2v) is 5.49. The zero-order valence-corrected chi connectivity index (χ0v) is 12.2. The zero-order valence-electron chi connectivity index (χ0n) is 7.47. The van der Waals surface area contributed by atoms with Crippen LogP contribution in [-0.4, -0.2) is 18.3 Å². The molecule has 0 unspecified atom stereocenters. The molecule has 1 aliphatic heterocycles. The van der Waals surface area contributed by atoms with E-state index in [0.29, 0.717) is 22.2 Å². The summed E-state index contributed by atoms with van der Waals surface area (Å²) in [5.74, 6) is 0.146. The molecule has 0 bridgehead atoms. The van der Waals surface area contributed by atoms with Gasteiger partial charge < -0.3 is 14.6 Å². The Morgan fingerprint density at radius 3 is 2.33 bits per heavy atom. The summed E-state index contributed by atoms with van der Waals surface area (Å²) < 4.78 is 12.8. The summed E-state index contributed by atoms with van der Waals surface area (Å²) >= 11 is 9.98. The van der Waals surface area contributed by atoms with Gasteiger partial charge in [-0.25, -0.2) is 0 Å². The van der Waals surface area contributed by atoms with Gasteiger partial charge in [0.15, 0.2) is 6.29 Å². The van der Waals surface area contributed by atoms with Gasteiger partial charge in [-0.15, -0.1) is 0 Å². The van der Waals surface area contributed by atoms with Crippen LogP contribution in [0.5, 0.6) is 5.75 Å². The molecule has 0 aliphatic carbocycles. The monoisotopic (exact) mass is 400 g/mol. The van der Waals surface area contributed by atoms with Crippen LogP contribution < -0.4 is 0 Å². The lowest BCUT2D eigenvalue weighted by molar-refractivity contribution is -0.0453. The lowest BCUT2D eigenvalue weighted by Crippen LogP contribution is -2.01. The molecule has 0 spiro atoms. The van der Waals surface area contributed by atoms with Crippen molar-refractivity contribution in [3.8, 4) is 5.75 Å². The lowest BCUT2D eigenvalue weighted by atomic mass is 10.2. The van der Waals surface area contributed by atoms with E-state index >= 15 is 0 Å². The fourth-order valence-electron chi connectivity index (χ4n) is 1.34. The van der Waals surface area contributed by atoms with Crippen molar-refractivity contribution in [3.05, 3.63) is 25.0 Å². The molecule has 6 heteroatoms. The van der Waals surface area contributed by atoms with Gasteiger partial charge in [0.05, 0.1) is 22.2 Å². The molecule has 15 heavy (non-hydrogen) atoms. The summed E-state index contributed by atoms with van der Waals surface area (Å²) in [6, 6.07) is 1.76. The van der Waals surface area contributed by atoms with E-state index in [1.807, 2.05) is 0 Å². The molecule has 1 saturated heterocycles. The van der Waals surface area contributed by atoms with Gasteiger partial charge in [0.1, 0.15) is 5.75 Å². The van der Waals surface area contributed by atoms with E-state index in [-0.39, 0.29) is 5.75 Å². The van der Waals surface area contributed by atoms with Gasteiger partial charge in [0.25, 0.3) is 0 Å². The van der Waals surface area contributed by atoms with Gasteiger partial charge in [-0.05, 0) is 37.9 Å². The number of phenolic OH excluding ortho intramolecular Hbond substituents is 1. The number of benzene rings is 1. The van der Waals surface area contributed by atoms with E-state index in [1.54, 1.807) is 6.07 Å². The molecule has 1 fully saturated rings. The van der Waals surface area contributed by atoms with E-state index in [2.05, 4.69) is 47.8 Å². The van der Waals surface area contributed by atoms with E-state index in [1.165, 1.54) is 0 Å². The van der Waals surface area contributed by atoms with Crippen LogP contribution in [0.25, 0.3) is 0 Å². The minimum atomic E-state index is -0.423. The van der Waals surface area contributed by atoms with Crippen molar-refractivity contribution >= 4 is 47.8 Å². The average Bonchev–Trinajstić information content (AvgIpc) is 2.68. The molecule has 0 amide bonds. The quantitative estimate of drug-likeness (QED) is 0.778. The van der Waals surface area contributed by atoms with Crippen molar-refractivity contribution in [1.82, 2.24) is 0 Å². The standard InChI is InChI=1S/C9H7Br3O3/c10-4-3-5(11)8(13)7(12)6(4)9-14-1-2-15-9/h3,9,13H,1-2H2. The number of halogens is 3. The van der Waals surface area contributed by atoms with Crippen LogP contribution in [0.4, 0.5) is 0 Å². The Morgan fingerprint density at radius 2 is 1.73 bits per heavy atom. The molecule has 1 aromatic carbocycles. The van der Waals surface area contributed by atoms with E-state index < -0.39 is 6.29 Å². The van der Waals surface area contributed by atoms with Crippen LogP contribution in [0.2, 0.25) is 0 Å². The summed E-state index contributed by atoms with van der Waals surface area (Å²) in [6.45, 7) is 1.14. The molecule has 82 valence electrons. The minimum Gasteiger partial charge on any atom is -0.506 e. The maximum absolute atomic E-state index is 9.75. The molecule has 0 saturated carbocycles. The Morgan fingerprint density at radius 1 is 1.13 bits per heavy atom. The number of aromatic hydroxyl groups is 1. The first-order chi connectivity index (χ1) is 7.11. The molecule has 0 radical (unpaired) electrons. The highest BCUT2D eigenvalue weighted by Crippen LogP contribution is 2.43. The molecule has 1 aromatic rings. The fraction of sp³-hybridized carbons (Fsp3) is 0.333. The van der Waals surface area contributed by atoms with Crippen LogP contribution >= 0.6 is 47.8 Å². The lowest BCUT2D eigenvalue weighted by Gasteiger charge is -2.15. The predicted octanol–water partition coefficient (Wildman–Crippen LogP) is 3.73. The topological polar surface area (TPSA) is 38.7 Å². The Labute approximate surface area is 112 Å². The number of hydrogen-bond acceptors (Lipinski definition) is 3. The Hall–Kier alpha value is 0.380. The van der Waals surface area contributed by atoms with E-state index in [4.69, 9.17) is 9.47 Å². The Balaban J connectivity index is 2.50. The zero-order chi connectivity index (χ0) is 11.0. The first-order valence-electron chi connectivity index (χ1n) is 4.21. The van der Waals surface area contributed by atoms with Crippen LogP contribution in [0.3, 0.4) is 0 Å². The first kappa shape index (κ1) is 11.9. The highest BCUT2D eigenvalue weighted by molar-refractivity contribution is 9.11. The van der Waals surface area contributed by atoms with Crippen LogP contribution in [-0.2, 0) is 9.47 Å². The number of ether oxygens (including phenoxy) is 2. The van der Waals surface area contributed by atoms with Crippen molar-refractivity contribution < 1.29 is 14.6 Å². The summed E-state index contributed by atoms with van der Waals surface area (Å²) in [7, 11) is 0. The number of rotatable bonds is 1. The highest BCUT2D eigenvalue weighted by Gasteiger charge is 2.26. The SMILES string of the molecule is Oc1c(Br)cc(Br)c(C2OCCO2)c1Br. The van der Waals surface area contributed by atoms with Crippen LogP contribution in [0, 0.1) is 0 Å². The van der Waals surface area contributed by atoms with Crippen molar-refractivity contribution in [2.45, 2.75) is 6.29 Å². The average molecular weight is 403 g/mol. The van der Waals surface area contributed by atoms with E-state index in [0.717, 1.165) is 10.0 Å².